The standard InChI is InChI=1S/C13H14N4S/c1-9-4-3-5-17-7-11(16-12(9)17)6-14-13-15-10(2)8-18-13/h3-5,7-8H,6H2,1-2H3,(H,14,15). The van der Waals surface area contributed by atoms with Crippen LogP contribution < -0.4 is 5.32 Å². The highest BCUT2D eigenvalue weighted by Gasteiger charge is 2.04. The van der Waals surface area contributed by atoms with Crippen LogP contribution in [0.2, 0.25) is 0 Å². The molecule has 3 heterocycles. The van der Waals surface area contributed by atoms with Gasteiger partial charge in [-0.1, -0.05) is 6.07 Å². The van der Waals surface area contributed by atoms with Gasteiger partial charge in [0.25, 0.3) is 0 Å². The lowest BCUT2D eigenvalue weighted by Gasteiger charge is -1.97. The molecule has 0 aliphatic carbocycles. The lowest BCUT2D eigenvalue weighted by atomic mass is 10.3. The largest absolute Gasteiger partial charge is 0.356 e. The van der Waals surface area contributed by atoms with Crippen LogP contribution in [-0.4, -0.2) is 14.4 Å². The maximum atomic E-state index is 4.61. The predicted octanol–water partition coefficient (Wildman–Crippen LogP) is 3.02. The average Bonchev–Trinajstić information content (AvgIpc) is 2.93. The van der Waals surface area contributed by atoms with E-state index in [1.165, 1.54) is 5.56 Å². The van der Waals surface area contributed by atoms with Crippen molar-refractivity contribution in [3.05, 3.63) is 46.9 Å². The Morgan fingerprint density at radius 1 is 1.33 bits per heavy atom. The van der Waals surface area contributed by atoms with E-state index in [0.29, 0.717) is 6.54 Å². The van der Waals surface area contributed by atoms with Crippen molar-refractivity contribution < 1.29 is 0 Å². The van der Waals surface area contributed by atoms with Crippen molar-refractivity contribution in [2.45, 2.75) is 20.4 Å². The third-order valence-corrected chi connectivity index (χ3v) is 3.69. The number of imidazole rings is 1. The third kappa shape index (κ3) is 2.09. The first-order chi connectivity index (χ1) is 8.72. The highest BCUT2D eigenvalue weighted by molar-refractivity contribution is 7.13. The zero-order valence-electron chi connectivity index (χ0n) is 10.3. The number of thiazole rings is 1. The molecule has 0 spiro atoms. The van der Waals surface area contributed by atoms with Crippen LogP contribution in [-0.2, 0) is 6.54 Å². The lowest BCUT2D eigenvalue weighted by molar-refractivity contribution is 1.06. The van der Waals surface area contributed by atoms with Gasteiger partial charge in [0.15, 0.2) is 5.13 Å². The zero-order valence-corrected chi connectivity index (χ0v) is 11.2. The van der Waals surface area contributed by atoms with Gasteiger partial charge in [-0.15, -0.1) is 11.3 Å². The molecular formula is C13H14N4S. The Hall–Kier alpha value is -1.88. The minimum absolute atomic E-state index is 0.702. The number of aromatic nitrogens is 3. The molecule has 3 rings (SSSR count). The highest BCUT2D eigenvalue weighted by Crippen LogP contribution is 2.16. The molecule has 18 heavy (non-hydrogen) atoms. The number of hydrogen-bond acceptors (Lipinski definition) is 4. The van der Waals surface area contributed by atoms with E-state index in [4.69, 9.17) is 0 Å². The summed E-state index contributed by atoms with van der Waals surface area (Å²) in [5.41, 5.74) is 4.28. The first-order valence-corrected chi connectivity index (χ1v) is 6.69. The van der Waals surface area contributed by atoms with Crippen molar-refractivity contribution in [2.75, 3.05) is 5.32 Å². The number of nitrogens with zero attached hydrogens (tertiary/aromatic N) is 3. The quantitative estimate of drug-likeness (QED) is 0.785. The third-order valence-electron chi connectivity index (χ3n) is 2.77. The van der Waals surface area contributed by atoms with Crippen molar-refractivity contribution in [1.82, 2.24) is 14.4 Å². The molecular weight excluding hydrogens is 244 g/mol. The van der Waals surface area contributed by atoms with E-state index >= 15 is 0 Å². The van der Waals surface area contributed by atoms with Gasteiger partial charge in [0.2, 0.25) is 0 Å². The molecule has 0 saturated heterocycles. The Kier molecular flexibility index (Phi) is 2.76. The summed E-state index contributed by atoms with van der Waals surface area (Å²) >= 11 is 1.62. The monoisotopic (exact) mass is 258 g/mol. The van der Waals surface area contributed by atoms with E-state index in [1.807, 2.05) is 24.6 Å². The summed E-state index contributed by atoms with van der Waals surface area (Å²) in [5.74, 6) is 0. The van der Waals surface area contributed by atoms with Crippen molar-refractivity contribution in [3.63, 3.8) is 0 Å². The second kappa shape index (κ2) is 4.42. The fraction of sp³-hybridized carbons (Fsp3) is 0.231. The Labute approximate surface area is 109 Å². The fourth-order valence-corrected chi connectivity index (χ4v) is 2.58. The molecule has 0 fully saturated rings. The normalized spacial score (nSPS) is 11.0. The van der Waals surface area contributed by atoms with Crippen molar-refractivity contribution >= 4 is 22.1 Å². The molecule has 0 radical (unpaired) electrons. The van der Waals surface area contributed by atoms with E-state index in [0.717, 1.165) is 22.2 Å². The number of rotatable bonds is 3. The van der Waals surface area contributed by atoms with Crippen molar-refractivity contribution in [3.8, 4) is 0 Å². The van der Waals surface area contributed by atoms with Crippen LogP contribution in [0.25, 0.3) is 5.65 Å². The second-order valence-corrected chi connectivity index (χ2v) is 5.16. The molecule has 0 atom stereocenters. The number of fused-ring (bicyclic) bond motifs is 1. The number of pyridine rings is 1. The van der Waals surface area contributed by atoms with Gasteiger partial charge in [0.05, 0.1) is 17.9 Å². The average molecular weight is 258 g/mol. The van der Waals surface area contributed by atoms with E-state index in [2.05, 4.69) is 38.9 Å². The molecule has 0 aromatic carbocycles. The minimum atomic E-state index is 0.702. The Morgan fingerprint density at radius 2 is 2.22 bits per heavy atom. The summed E-state index contributed by atoms with van der Waals surface area (Å²) in [4.78, 5) is 8.98. The van der Waals surface area contributed by atoms with Gasteiger partial charge in [-0.3, -0.25) is 0 Å². The maximum absolute atomic E-state index is 4.61. The van der Waals surface area contributed by atoms with Crippen LogP contribution >= 0.6 is 11.3 Å². The summed E-state index contributed by atoms with van der Waals surface area (Å²) in [7, 11) is 0. The van der Waals surface area contributed by atoms with E-state index in [9.17, 15) is 0 Å². The maximum Gasteiger partial charge on any atom is 0.183 e. The Balaban J connectivity index is 1.81. The van der Waals surface area contributed by atoms with Crippen LogP contribution in [0, 0.1) is 13.8 Å². The summed E-state index contributed by atoms with van der Waals surface area (Å²) in [5, 5.41) is 6.28. The molecule has 0 bridgehead atoms. The molecule has 0 saturated carbocycles. The summed E-state index contributed by atoms with van der Waals surface area (Å²) in [6, 6.07) is 4.11. The van der Waals surface area contributed by atoms with Crippen LogP contribution in [0.5, 0.6) is 0 Å². The summed E-state index contributed by atoms with van der Waals surface area (Å²) in [6.07, 6.45) is 4.07. The molecule has 5 heteroatoms. The number of nitrogens with one attached hydrogen (secondary N) is 1. The van der Waals surface area contributed by atoms with Gasteiger partial charge in [0.1, 0.15) is 5.65 Å². The van der Waals surface area contributed by atoms with Crippen LogP contribution in [0.1, 0.15) is 17.0 Å². The SMILES string of the molecule is Cc1csc(NCc2cn3cccc(C)c3n2)n1. The van der Waals surface area contributed by atoms with Crippen LogP contribution in [0.4, 0.5) is 5.13 Å². The molecule has 3 aromatic heterocycles. The molecule has 92 valence electrons. The van der Waals surface area contributed by atoms with Gasteiger partial charge in [-0.05, 0) is 25.5 Å². The lowest BCUT2D eigenvalue weighted by Crippen LogP contribution is -1.99. The Morgan fingerprint density at radius 3 is 2.94 bits per heavy atom. The van der Waals surface area contributed by atoms with Crippen molar-refractivity contribution in [2.24, 2.45) is 0 Å². The molecule has 1 N–H and O–H groups in total. The van der Waals surface area contributed by atoms with Crippen molar-refractivity contribution in [1.29, 1.82) is 0 Å². The summed E-state index contributed by atoms with van der Waals surface area (Å²) < 4.78 is 2.06. The number of aryl methyl sites for hydroxylation is 2. The molecule has 0 unspecified atom stereocenters. The van der Waals surface area contributed by atoms with Gasteiger partial charge >= 0.3 is 0 Å². The first kappa shape index (κ1) is 11.2. The van der Waals surface area contributed by atoms with Gasteiger partial charge in [0, 0.05) is 17.8 Å². The smallest absolute Gasteiger partial charge is 0.183 e. The first-order valence-electron chi connectivity index (χ1n) is 5.81. The molecule has 4 nitrogen and oxygen atoms in total. The Bertz CT molecular complexity index is 683. The number of anilines is 1. The topological polar surface area (TPSA) is 42.2 Å². The van der Waals surface area contributed by atoms with E-state index in [-0.39, 0.29) is 0 Å². The van der Waals surface area contributed by atoms with E-state index in [1.54, 1.807) is 11.3 Å². The van der Waals surface area contributed by atoms with Crippen LogP contribution in [0.15, 0.2) is 29.9 Å². The van der Waals surface area contributed by atoms with E-state index < -0.39 is 0 Å². The molecule has 0 aliphatic heterocycles. The highest BCUT2D eigenvalue weighted by atomic mass is 32.1. The van der Waals surface area contributed by atoms with Gasteiger partial charge in [-0.2, -0.15) is 0 Å². The van der Waals surface area contributed by atoms with Crippen LogP contribution in [0.3, 0.4) is 0 Å². The molecule has 3 aromatic rings. The van der Waals surface area contributed by atoms with Gasteiger partial charge < -0.3 is 9.72 Å². The fourth-order valence-electron chi connectivity index (χ4n) is 1.89. The number of hydrogen-bond donors (Lipinski definition) is 1. The minimum Gasteiger partial charge on any atom is -0.356 e. The summed E-state index contributed by atoms with van der Waals surface area (Å²) in [6.45, 7) is 4.77. The van der Waals surface area contributed by atoms with Gasteiger partial charge in [-0.25, -0.2) is 9.97 Å². The molecule has 0 aliphatic rings. The zero-order chi connectivity index (χ0) is 12.5. The second-order valence-electron chi connectivity index (χ2n) is 4.30. The molecule has 0 amide bonds. The predicted molar refractivity (Wildman–Crippen MR) is 74.1 cm³/mol.